The lowest BCUT2D eigenvalue weighted by atomic mass is 10.1. The number of unbranched alkanes of at least 4 members (excludes halogenated alkanes) is 3. The van der Waals surface area contributed by atoms with E-state index in [-0.39, 0.29) is 17.3 Å². The maximum absolute atomic E-state index is 11.9. The van der Waals surface area contributed by atoms with Crippen LogP contribution in [0.4, 0.5) is 0 Å². The zero-order valence-corrected chi connectivity index (χ0v) is 16.0. The first kappa shape index (κ1) is 22.3. The van der Waals surface area contributed by atoms with Crippen molar-refractivity contribution in [1.82, 2.24) is 5.32 Å². The van der Waals surface area contributed by atoms with Crippen LogP contribution in [0, 0.1) is 0 Å². The highest BCUT2D eigenvalue weighted by Gasteiger charge is 2.21. The van der Waals surface area contributed by atoms with Gasteiger partial charge in [-0.3, -0.25) is 4.79 Å². The van der Waals surface area contributed by atoms with Gasteiger partial charge in [-0.1, -0.05) is 36.8 Å². The average molecular weight is 359 g/mol. The van der Waals surface area contributed by atoms with E-state index in [1.165, 1.54) is 6.20 Å². The molecule has 0 fully saturated rings. The van der Waals surface area contributed by atoms with E-state index in [4.69, 9.17) is 5.11 Å². The van der Waals surface area contributed by atoms with Crippen LogP contribution in [0.5, 0.6) is 0 Å². The Balaban J connectivity index is 3.89. The number of hydrogen-bond donors (Lipinski definition) is 2. The number of rotatable bonds is 13. The topological polar surface area (TPSA) is 61.7 Å². The minimum Gasteiger partial charge on any atom is -0.396 e. The SMILES string of the molecule is C=CN=C(C=C)SSC(C)(C)CCC(=O)NCCCCCCO. The van der Waals surface area contributed by atoms with Crippen LogP contribution >= 0.6 is 21.6 Å². The van der Waals surface area contributed by atoms with Crippen molar-refractivity contribution in [3.63, 3.8) is 0 Å². The molecule has 4 nitrogen and oxygen atoms in total. The van der Waals surface area contributed by atoms with Gasteiger partial charge in [-0.15, -0.1) is 0 Å². The second-order valence-corrected chi connectivity index (χ2v) is 8.62. The summed E-state index contributed by atoms with van der Waals surface area (Å²) < 4.78 is -0.0198. The van der Waals surface area contributed by atoms with Crippen molar-refractivity contribution < 1.29 is 9.90 Å². The van der Waals surface area contributed by atoms with E-state index in [1.54, 1.807) is 27.7 Å². The minimum atomic E-state index is -0.0198. The average Bonchev–Trinajstić information content (AvgIpc) is 2.53. The first-order chi connectivity index (χ1) is 10.9. The number of nitrogens with one attached hydrogen (secondary N) is 1. The number of amides is 1. The largest absolute Gasteiger partial charge is 0.396 e. The van der Waals surface area contributed by atoms with Gasteiger partial charge in [-0.25, -0.2) is 4.99 Å². The van der Waals surface area contributed by atoms with E-state index in [9.17, 15) is 4.79 Å². The van der Waals surface area contributed by atoms with Crippen molar-refractivity contribution in [3.8, 4) is 0 Å². The monoisotopic (exact) mass is 358 g/mol. The summed E-state index contributed by atoms with van der Waals surface area (Å²) in [5.41, 5.74) is 0. The third kappa shape index (κ3) is 13.4. The predicted molar refractivity (Wildman–Crippen MR) is 105 cm³/mol. The Morgan fingerprint density at radius 2 is 1.96 bits per heavy atom. The molecular formula is C17H30N2O2S2. The summed E-state index contributed by atoms with van der Waals surface area (Å²) in [6.07, 6.45) is 8.43. The van der Waals surface area contributed by atoms with Crippen LogP contribution in [0.15, 0.2) is 30.4 Å². The van der Waals surface area contributed by atoms with Crippen molar-refractivity contribution in [2.24, 2.45) is 4.99 Å². The lowest BCUT2D eigenvalue weighted by molar-refractivity contribution is -0.121. The van der Waals surface area contributed by atoms with Gasteiger partial charge < -0.3 is 10.4 Å². The van der Waals surface area contributed by atoms with E-state index in [1.807, 2.05) is 0 Å². The number of nitrogens with zero attached hydrogens (tertiary/aromatic N) is 1. The summed E-state index contributed by atoms with van der Waals surface area (Å²) >= 11 is 0. The molecule has 0 aliphatic carbocycles. The molecule has 0 rings (SSSR count). The van der Waals surface area contributed by atoms with Crippen molar-refractivity contribution in [2.75, 3.05) is 13.2 Å². The normalized spacial score (nSPS) is 12.0. The fourth-order valence-electron chi connectivity index (χ4n) is 1.72. The third-order valence-corrected chi connectivity index (χ3v) is 6.40. The van der Waals surface area contributed by atoms with Crippen molar-refractivity contribution >= 4 is 32.5 Å². The molecule has 0 saturated carbocycles. The van der Waals surface area contributed by atoms with E-state index >= 15 is 0 Å². The summed E-state index contributed by atoms with van der Waals surface area (Å²) in [6.45, 7) is 12.5. The number of carbonyl (C=O) groups is 1. The number of aliphatic hydroxyl groups is 1. The van der Waals surface area contributed by atoms with Gasteiger partial charge in [0, 0.05) is 30.5 Å². The number of aliphatic hydroxyl groups excluding tert-OH is 1. The van der Waals surface area contributed by atoms with Crippen LogP contribution in [0.3, 0.4) is 0 Å². The molecule has 0 spiro atoms. The quantitative estimate of drug-likeness (QED) is 0.223. The van der Waals surface area contributed by atoms with E-state index < -0.39 is 0 Å². The van der Waals surface area contributed by atoms with Crippen LogP contribution in [0.25, 0.3) is 0 Å². The summed E-state index contributed by atoms with van der Waals surface area (Å²) in [5, 5.41) is 12.5. The molecule has 0 bridgehead atoms. The Labute approximate surface area is 148 Å². The highest BCUT2D eigenvalue weighted by atomic mass is 33.1. The van der Waals surface area contributed by atoms with Crippen LogP contribution in [0.1, 0.15) is 52.4 Å². The summed E-state index contributed by atoms with van der Waals surface area (Å²) in [7, 11) is 3.25. The molecule has 0 aliphatic rings. The smallest absolute Gasteiger partial charge is 0.220 e. The zero-order chi connectivity index (χ0) is 17.6. The van der Waals surface area contributed by atoms with E-state index in [0.29, 0.717) is 6.42 Å². The Morgan fingerprint density at radius 3 is 2.57 bits per heavy atom. The van der Waals surface area contributed by atoms with Gasteiger partial charge in [0.25, 0.3) is 0 Å². The van der Waals surface area contributed by atoms with Gasteiger partial charge in [0.15, 0.2) is 0 Å². The Bertz CT molecular complexity index is 396. The van der Waals surface area contributed by atoms with Gasteiger partial charge in [-0.2, -0.15) is 0 Å². The van der Waals surface area contributed by atoms with Crippen molar-refractivity contribution in [1.29, 1.82) is 0 Å². The second-order valence-electron chi connectivity index (χ2n) is 5.77. The van der Waals surface area contributed by atoms with Gasteiger partial charge in [0.05, 0.1) is 0 Å². The molecule has 2 N–H and O–H groups in total. The molecule has 1 amide bonds. The van der Waals surface area contributed by atoms with Crippen LogP contribution in [0.2, 0.25) is 0 Å². The summed E-state index contributed by atoms with van der Waals surface area (Å²) in [6, 6.07) is 0. The molecule has 0 atom stereocenters. The molecule has 0 saturated heterocycles. The molecule has 0 aromatic rings. The molecule has 0 aliphatic heterocycles. The molecule has 0 unspecified atom stereocenters. The van der Waals surface area contributed by atoms with Crippen molar-refractivity contribution in [3.05, 3.63) is 25.4 Å². The molecule has 23 heavy (non-hydrogen) atoms. The van der Waals surface area contributed by atoms with Crippen LogP contribution < -0.4 is 5.32 Å². The van der Waals surface area contributed by atoms with Crippen LogP contribution in [-0.4, -0.2) is 34.0 Å². The molecular weight excluding hydrogens is 328 g/mol. The molecule has 0 radical (unpaired) electrons. The zero-order valence-electron chi connectivity index (χ0n) is 14.3. The highest BCUT2D eigenvalue weighted by molar-refractivity contribution is 8.82. The number of carbonyl (C=O) groups excluding carboxylic acids is 1. The lowest BCUT2D eigenvalue weighted by Crippen LogP contribution is -2.26. The van der Waals surface area contributed by atoms with Crippen molar-refractivity contribution in [2.45, 2.75) is 57.1 Å². The summed E-state index contributed by atoms with van der Waals surface area (Å²) in [5.74, 6) is 0.106. The van der Waals surface area contributed by atoms with Gasteiger partial charge in [0.2, 0.25) is 5.91 Å². The second kappa shape index (κ2) is 13.7. The van der Waals surface area contributed by atoms with Gasteiger partial charge >= 0.3 is 0 Å². The summed E-state index contributed by atoms with van der Waals surface area (Å²) in [4.78, 5) is 16.0. The molecule has 0 heterocycles. The maximum atomic E-state index is 11.9. The molecule has 132 valence electrons. The number of aliphatic imine (C=N–C) groups is 1. The Hall–Kier alpha value is -0.720. The fourth-order valence-corrected chi connectivity index (χ4v) is 3.91. The van der Waals surface area contributed by atoms with Gasteiger partial charge in [0.1, 0.15) is 5.04 Å². The molecule has 0 aromatic heterocycles. The maximum Gasteiger partial charge on any atom is 0.220 e. The van der Waals surface area contributed by atoms with E-state index in [2.05, 4.69) is 37.3 Å². The minimum absolute atomic E-state index is 0.0198. The number of hydrogen-bond acceptors (Lipinski definition) is 5. The lowest BCUT2D eigenvalue weighted by Gasteiger charge is -2.22. The van der Waals surface area contributed by atoms with Crippen LogP contribution in [-0.2, 0) is 4.79 Å². The molecule has 0 aromatic carbocycles. The first-order valence-electron chi connectivity index (χ1n) is 7.99. The third-order valence-electron chi connectivity index (χ3n) is 3.11. The highest BCUT2D eigenvalue weighted by Crippen LogP contribution is 2.39. The fraction of sp³-hybridized carbons (Fsp3) is 0.647. The predicted octanol–water partition coefficient (Wildman–Crippen LogP) is 4.32. The molecule has 6 heteroatoms. The Kier molecular flexibility index (Phi) is 13.3. The van der Waals surface area contributed by atoms with Gasteiger partial charge in [-0.05, 0) is 50.0 Å². The Morgan fingerprint density at radius 1 is 1.26 bits per heavy atom. The standard InChI is InChI=1S/C17H30N2O2S2/c1-5-16(18-6-2)22-23-17(3,4)12-11-15(21)19-13-9-7-8-10-14-20/h5-6,20H,1-2,7-14H2,3-4H3,(H,19,21). The van der Waals surface area contributed by atoms with E-state index in [0.717, 1.165) is 43.7 Å². The first-order valence-corrected chi connectivity index (χ1v) is 10.1.